The highest BCUT2D eigenvalue weighted by Gasteiger charge is 2.16. The Morgan fingerprint density at radius 1 is 1.19 bits per heavy atom. The van der Waals surface area contributed by atoms with Crippen LogP contribution in [0.1, 0.15) is 22.8 Å². The average molecular weight is 348 g/mol. The Hall–Kier alpha value is -2.01. The zero-order valence-electron chi connectivity index (χ0n) is 11.8. The van der Waals surface area contributed by atoms with Crippen LogP contribution in [0.4, 0.5) is 11.4 Å². The Morgan fingerprint density at radius 3 is 2.43 bits per heavy atom. The third-order valence-corrected chi connectivity index (χ3v) is 3.97. The summed E-state index contributed by atoms with van der Waals surface area (Å²) >= 11 is 3.40. The van der Waals surface area contributed by atoms with Gasteiger partial charge in [0, 0.05) is 23.2 Å². The molecule has 5 heteroatoms. The predicted octanol–water partition coefficient (Wildman–Crippen LogP) is 3.16. The molecule has 0 saturated carbocycles. The highest BCUT2D eigenvalue weighted by Crippen LogP contribution is 2.28. The van der Waals surface area contributed by atoms with Crippen molar-refractivity contribution in [3.05, 3.63) is 58.1 Å². The number of anilines is 2. The molecule has 0 spiro atoms. The van der Waals surface area contributed by atoms with Crippen LogP contribution < -0.4 is 16.4 Å². The number of hydrogen-bond acceptors (Lipinski definition) is 3. The molecule has 2 aromatic rings. The molecule has 0 heterocycles. The quantitative estimate of drug-likeness (QED) is 0.816. The normalized spacial score (nSPS) is 10.4. The zero-order chi connectivity index (χ0) is 15.4. The second kappa shape index (κ2) is 6.63. The Kier molecular flexibility index (Phi) is 4.85. The first kappa shape index (κ1) is 15.4. The molecule has 0 aromatic heterocycles. The molecule has 21 heavy (non-hydrogen) atoms. The van der Waals surface area contributed by atoms with Gasteiger partial charge in [0.2, 0.25) is 0 Å². The lowest BCUT2D eigenvalue weighted by molar-refractivity contribution is 0.1000. The van der Waals surface area contributed by atoms with Crippen molar-refractivity contribution >= 4 is 33.2 Å². The van der Waals surface area contributed by atoms with Crippen LogP contribution >= 0.6 is 15.9 Å². The lowest BCUT2D eigenvalue weighted by Gasteiger charge is -2.25. The topological polar surface area (TPSA) is 72.3 Å². The lowest BCUT2D eigenvalue weighted by atomic mass is 10.1. The number of benzene rings is 2. The molecule has 0 fully saturated rings. The summed E-state index contributed by atoms with van der Waals surface area (Å²) in [5.41, 5.74) is 14.4. The maximum Gasteiger partial charge on any atom is 0.251 e. The summed E-state index contributed by atoms with van der Waals surface area (Å²) in [4.78, 5) is 13.8. The van der Waals surface area contributed by atoms with Crippen LogP contribution in [0.15, 0.2) is 46.9 Å². The number of rotatable bonds is 5. The van der Waals surface area contributed by atoms with Crippen LogP contribution in [-0.2, 0) is 6.54 Å². The minimum Gasteiger partial charge on any atom is -0.399 e. The molecular weight excluding hydrogens is 330 g/mol. The Balaban J connectivity index is 2.35. The van der Waals surface area contributed by atoms with E-state index in [0.717, 1.165) is 23.5 Å². The van der Waals surface area contributed by atoms with Gasteiger partial charge in [-0.15, -0.1) is 0 Å². The fraction of sp³-hybridized carbons (Fsp3) is 0.188. The van der Waals surface area contributed by atoms with Gasteiger partial charge in [0.1, 0.15) is 0 Å². The van der Waals surface area contributed by atoms with Crippen molar-refractivity contribution in [2.45, 2.75) is 13.5 Å². The fourth-order valence-corrected chi connectivity index (χ4v) is 2.78. The van der Waals surface area contributed by atoms with Gasteiger partial charge in [-0.05, 0) is 52.7 Å². The molecule has 0 bridgehead atoms. The smallest absolute Gasteiger partial charge is 0.251 e. The van der Waals surface area contributed by atoms with E-state index in [1.165, 1.54) is 0 Å². The maximum atomic E-state index is 11.7. The van der Waals surface area contributed by atoms with E-state index in [2.05, 4.69) is 20.8 Å². The SMILES string of the molecule is CCN(Cc1ccc(N)cc1)c1cccc(Br)c1C(N)=O. The molecule has 0 unspecified atom stereocenters. The first-order valence-electron chi connectivity index (χ1n) is 6.70. The Morgan fingerprint density at radius 2 is 1.86 bits per heavy atom. The first-order valence-corrected chi connectivity index (χ1v) is 7.50. The molecular formula is C16H18BrN3O. The third kappa shape index (κ3) is 3.55. The van der Waals surface area contributed by atoms with Crippen molar-refractivity contribution in [2.75, 3.05) is 17.2 Å². The highest BCUT2D eigenvalue weighted by atomic mass is 79.9. The average Bonchev–Trinajstić information content (AvgIpc) is 2.46. The van der Waals surface area contributed by atoms with E-state index < -0.39 is 5.91 Å². The standard InChI is InChI=1S/C16H18BrN3O/c1-2-20(10-11-6-8-12(18)9-7-11)14-5-3-4-13(17)15(14)16(19)21/h3-9H,2,10,18H2,1H3,(H2,19,21). The Labute approximate surface area is 132 Å². The van der Waals surface area contributed by atoms with Gasteiger partial charge < -0.3 is 16.4 Å². The van der Waals surface area contributed by atoms with Gasteiger partial charge in [0.05, 0.1) is 11.3 Å². The molecule has 0 aliphatic heterocycles. The largest absolute Gasteiger partial charge is 0.399 e. The molecule has 0 radical (unpaired) electrons. The maximum absolute atomic E-state index is 11.7. The van der Waals surface area contributed by atoms with Crippen molar-refractivity contribution in [1.29, 1.82) is 0 Å². The van der Waals surface area contributed by atoms with Crippen molar-refractivity contribution in [2.24, 2.45) is 5.73 Å². The van der Waals surface area contributed by atoms with Crippen LogP contribution in [0, 0.1) is 0 Å². The van der Waals surface area contributed by atoms with Gasteiger partial charge in [-0.25, -0.2) is 0 Å². The molecule has 2 rings (SSSR count). The summed E-state index contributed by atoms with van der Waals surface area (Å²) in [6.45, 7) is 3.50. The molecule has 4 nitrogen and oxygen atoms in total. The summed E-state index contributed by atoms with van der Waals surface area (Å²) in [7, 11) is 0. The van der Waals surface area contributed by atoms with Gasteiger partial charge >= 0.3 is 0 Å². The van der Waals surface area contributed by atoms with E-state index in [-0.39, 0.29) is 0 Å². The summed E-state index contributed by atoms with van der Waals surface area (Å²) in [6, 6.07) is 13.3. The number of amides is 1. The van der Waals surface area contributed by atoms with Crippen LogP contribution in [0.3, 0.4) is 0 Å². The lowest BCUT2D eigenvalue weighted by Crippen LogP contribution is -2.26. The van der Waals surface area contributed by atoms with Crippen molar-refractivity contribution in [3.8, 4) is 0 Å². The summed E-state index contributed by atoms with van der Waals surface area (Å²) in [5, 5.41) is 0. The van der Waals surface area contributed by atoms with Crippen molar-refractivity contribution in [1.82, 2.24) is 0 Å². The predicted molar refractivity (Wildman–Crippen MR) is 90.2 cm³/mol. The minimum atomic E-state index is -0.437. The summed E-state index contributed by atoms with van der Waals surface area (Å²) in [6.07, 6.45) is 0. The number of halogens is 1. The second-order valence-electron chi connectivity index (χ2n) is 4.75. The van der Waals surface area contributed by atoms with Gasteiger partial charge in [0.15, 0.2) is 0 Å². The Bertz CT molecular complexity index is 640. The van der Waals surface area contributed by atoms with Gasteiger partial charge in [0.25, 0.3) is 5.91 Å². The van der Waals surface area contributed by atoms with Crippen LogP contribution in [0.2, 0.25) is 0 Å². The molecule has 0 aliphatic carbocycles. The molecule has 110 valence electrons. The van der Waals surface area contributed by atoms with Crippen LogP contribution in [-0.4, -0.2) is 12.5 Å². The molecule has 0 atom stereocenters. The van der Waals surface area contributed by atoms with E-state index >= 15 is 0 Å². The third-order valence-electron chi connectivity index (χ3n) is 3.31. The molecule has 0 aliphatic rings. The van der Waals surface area contributed by atoms with Gasteiger partial charge in [-0.1, -0.05) is 18.2 Å². The second-order valence-corrected chi connectivity index (χ2v) is 5.61. The number of primary amides is 1. The molecule has 2 aromatic carbocycles. The van der Waals surface area contributed by atoms with Gasteiger partial charge in [-0.3, -0.25) is 4.79 Å². The summed E-state index contributed by atoms with van der Waals surface area (Å²) in [5.74, 6) is -0.437. The highest BCUT2D eigenvalue weighted by molar-refractivity contribution is 9.10. The van der Waals surface area contributed by atoms with E-state index in [4.69, 9.17) is 11.5 Å². The van der Waals surface area contributed by atoms with Crippen LogP contribution in [0.5, 0.6) is 0 Å². The van der Waals surface area contributed by atoms with E-state index in [1.54, 1.807) is 0 Å². The first-order chi connectivity index (χ1) is 10.0. The number of carbonyl (C=O) groups excluding carboxylic acids is 1. The minimum absolute atomic E-state index is 0.437. The molecule has 1 amide bonds. The van der Waals surface area contributed by atoms with E-state index in [0.29, 0.717) is 16.6 Å². The van der Waals surface area contributed by atoms with E-state index in [1.807, 2.05) is 49.4 Å². The van der Waals surface area contributed by atoms with Crippen molar-refractivity contribution in [3.63, 3.8) is 0 Å². The molecule has 0 saturated heterocycles. The van der Waals surface area contributed by atoms with Crippen molar-refractivity contribution < 1.29 is 4.79 Å². The van der Waals surface area contributed by atoms with Crippen LogP contribution in [0.25, 0.3) is 0 Å². The fourth-order valence-electron chi connectivity index (χ4n) is 2.23. The number of nitrogens with zero attached hydrogens (tertiary/aromatic N) is 1. The monoisotopic (exact) mass is 347 g/mol. The zero-order valence-corrected chi connectivity index (χ0v) is 13.4. The van der Waals surface area contributed by atoms with E-state index in [9.17, 15) is 4.79 Å². The number of nitrogen functional groups attached to an aromatic ring is 1. The molecule has 4 N–H and O–H groups in total. The number of carbonyl (C=O) groups is 1. The number of hydrogen-bond donors (Lipinski definition) is 2. The van der Waals surface area contributed by atoms with Gasteiger partial charge in [-0.2, -0.15) is 0 Å². The summed E-state index contributed by atoms with van der Waals surface area (Å²) < 4.78 is 0.711. The number of nitrogens with two attached hydrogens (primary N) is 2.